The van der Waals surface area contributed by atoms with Crippen LogP contribution in [0.1, 0.15) is 40.5 Å². The van der Waals surface area contributed by atoms with E-state index in [1.54, 1.807) is 27.7 Å². The molecule has 0 spiro atoms. The van der Waals surface area contributed by atoms with Crippen LogP contribution in [-0.2, 0) is 14.3 Å². The first-order chi connectivity index (χ1) is 9.24. The molecule has 122 valence electrons. The summed E-state index contributed by atoms with van der Waals surface area (Å²) in [5, 5.41) is 0. The first-order valence-corrected chi connectivity index (χ1v) is 7.18. The lowest BCUT2D eigenvalue weighted by Gasteiger charge is -2.37. The van der Waals surface area contributed by atoms with E-state index in [9.17, 15) is 9.59 Å². The van der Waals surface area contributed by atoms with Crippen molar-refractivity contribution in [1.29, 1.82) is 0 Å². The number of piperidine rings is 1. The summed E-state index contributed by atoms with van der Waals surface area (Å²) in [5.41, 5.74) is 5.45. The molecule has 1 aliphatic carbocycles. The summed E-state index contributed by atoms with van der Waals surface area (Å²) in [5.74, 6) is -0.265. The maximum absolute atomic E-state index is 12.4. The molecular weight excluding hydrogens is 296 g/mol. The lowest BCUT2D eigenvalue weighted by molar-refractivity contribution is -0.151. The third kappa shape index (κ3) is 3.61. The van der Waals surface area contributed by atoms with E-state index in [1.807, 2.05) is 0 Å². The number of esters is 1. The van der Waals surface area contributed by atoms with E-state index in [0.29, 0.717) is 6.61 Å². The molecule has 2 aliphatic rings. The van der Waals surface area contributed by atoms with Gasteiger partial charge in [0.1, 0.15) is 11.6 Å². The van der Waals surface area contributed by atoms with Gasteiger partial charge >= 0.3 is 12.1 Å². The molecule has 6 nitrogen and oxygen atoms in total. The zero-order valence-electron chi connectivity index (χ0n) is 13.0. The Hall–Kier alpha value is -1.01. The van der Waals surface area contributed by atoms with Gasteiger partial charge in [-0.25, -0.2) is 9.59 Å². The lowest BCUT2D eigenvalue weighted by atomic mass is 9.97. The topological polar surface area (TPSA) is 81.9 Å². The number of amides is 1. The summed E-state index contributed by atoms with van der Waals surface area (Å²) in [4.78, 5) is 26.0. The molecule has 0 aromatic rings. The molecule has 4 unspecified atom stereocenters. The molecule has 1 heterocycles. The maximum Gasteiger partial charge on any atom is 0.411 e. The van der Waals surface area contributed by atoms with E-state index < -0.39 is 17.7 Å². The van der Waals surface area contributed by atoms with Crippen LogP contribution in [0.5, 0.6) is 0 Å². The van der Waals surface area contributed by atoms with Crippen LogP contribution in [0.2, 0.25) is 0 Å². The van der Waals surface area contributed by atoms with Crippen molar-refractivity contribution in [1.82, 2.24) is 4.90 Å². The summed E-state index contributed by atoms with van der Waals surface area (Å²) in [6.45, 7) is 7.48. The van der Waals surface area contributed by atoms with E-state index >= 15 is 0 Å². The van der Waals surface area contributed by atoms with Crippen LogP contribution < -0.4 is 5.73 Å². The predicted molar refractivity (Wildman–Crippen MR) is 80.2 cm³/mol. The van der Waals surface area contributed by atoms with Crippen molar-refractivity contribution in [2.75, 3.05) is 6.61 Å². The highest BCUT2D eigenvalue weighted by molar-refractivity contribution is 5.85. The standard InChI is InChI=1S/C14H24N2O4.ClH/c1-5-19-12(17)11-8-6-9(15)10(7-8)16(11)13(18)20-14(2,3)4;/h8-11H,5-7,15H2,1-4H3;1H. The van der Waals surface area contributed by atoms with Crippen molar-refractivity contribution < 1.29 is 19.1 Å². The number of hydrogen-bond acceptors (Lipinski definition) is 5. The summed E-state index contributed by atoms with van der Waals surface area (Å²) in [6, 6.07) is -0.753. The van der Waals surface area contributed by atoms with Crippen LogP contribution in [0.4, 0.5) is 4.79 Å². The fourth-order valence-electron chi connectivity index (χ4n) is 3.20. The molecule has 1 amide bonds. The summed E-state index contributed by atoms with van der Waals surface area (Å²) >= 11 is 0. The Morgan fingerprint density at radius 1 is 1.29 bits per heavy atom. The lowest BCUT2D eigenvalue weighted by Crippen LogP contribution is -2.57. The molecule has 0 radical (unpaired) electrons. The van der Waals surface area contributed by atoms with Gasteiger partial charge in [0.2, 0.25) is 0 Å². The van der Waals surface area contributed by atoms with Gasteiger partial charge in [-0.2, -0.15) is 0 Å². The molecule has 1 aliphatic heterocycles. The highest BCUT2D eigenvalue weighted by Crippen LogP contribution is 2.43. The van der Waals surface area contributed by atoms with Gasteiger partial charge in [-0.15, -0.1) is 12.4 Å². The van der Waals surface area contributed by atoms with E-state index in [0.717, 1.165) is 12.8 Å². The van der Waals surface area contributed by atoms with Crippen LogP contribution in [0.3, 0.4) is 0 Å². The van der Waals surface area contributed by atoms with Gasteiger partial charge in [-0.1, -0.05) is 0 Å². The Kier molecular flexibility index (Phi) is 5.50. The second kappa shape index (κ2) is 6.40. The largest absolute Gasteiger partial charge is 0.464 e. The van der Waals surface area contributed by atoms with Gasteiger partial charge in [-0.3, -0.25) is 4.90 Å². The zero-order valence-corrected chi connectivity index (χ0v) is 13.8. The fraction of sp³-hybridized carbons (Fsp3) is 0.857. The molecule has 4 atom stereocenters. The molecule has 1 saturated carbocycles. The Balaban J connectivity index is 0.00000220. The number of fused-ring (bicyclic) bond motifs is 2. The maximum atomic E-state index is 12.4. The van der Waals surface area contributed by atoms with Gasteiger partial charge < -0.3 is 15.2 Å². The monoisotopic (exact) mass is 320 g/mol. The highest BCUT2D eigenvalue weighted by atomic mass is 35.5. The van der Waals surface area contributed by atoms with Crippen molar-refractivity contribution in [3.8, 4) is 0 Å². The number of ether oxygens (including phenoxy) is 2. The molecule has 2 rings (SSSR count). The second-order valence-electron chi connectivity index (χ2n) is 6.55. The van der Waals surface area contributed by atoms with Crippen molar-refractivity contribution in [3.63, 3.8) is 0 Å². The molecule has 2 N–H and O–H groups in total. The number of carbonyl (C=O) groups excluding carboxylic acids is 2. The summed E-state index contributed by atoms with van der Waals surface area (Å²) in [6.07, 6.45) is 1.04. The normalized spacial score (nSPS) is 30.8. The molecular formula is C14H25ClN2O4. The third-order valence-corrected chi connectivity index (χ3v) is 3.85. The van der Waals surface area contributed by atoms with Crippen LogP contribution in [0, 0.1) is 5.92 Å². The van der Waals surface area contributed by atoms with Gasteiger partial charge in [-0.05, 0) is 46.5 Å². The van der Waals surface area contributed by atoms with Gasteiger partial charge in [0, 0.05) is 6.04 Å². The average molecular weight is 321 g/mol. The van der Waals surface area contributed by atoms with Crippen LogP contribution in [0.25, 0.3) is 0 Å². The molecule has 0 aromatic heterocycles. The number of halogens is 1. The van der Waals surface area contributed by atoms with Crippen LogP contribution in [-0.4, -0.2) is 47.3 Å². The first-order valence-electron chi connectivity index (χ1n) is 7.18. The predicted octanol–water partition coefficient (Wildman–Crippen LogP) is 1.70. The minimum absolute atomic E-state index is 0. The first kappa shape index (κ1) is 18.0. The van der Waals surface area contributed by atoms with Gasteiger partial charge in [0.25, 0.3) is 0 Å². The Bertz CT molecular complexity index is 410. The zero-order chi connectivity index (χ0) is 15.1. The minimum Gasteiger partial charge on any atom is -0.464 e. The number of nitrogens with zero attached hydrogens (tertiary/aromatic N) is 1. The number of hydrogen-bond donors (Lipinski definition) is 1. The number of rotatable bonds is 2. The van der Waals surface area contributed by atoms with Crippen molar-refractivity contribution in [3.05, 3.63) is 0 Å². The van der Waals surface area contributed by atoms with Crippen molar-refractivity contribution >= 4 is 24.5 Å². The molecule has 21 heavy (non-hydrogen) atoms. The second-order valence-corrected chi connectivity index (χ2v) is 6.55. The summed E-state index contributed by atoms with van der Waals surface area (Å²) in [7, 11) is 0. The van der Waals surface area contributed by atoms with Crippen LogP contribution in [0.15, 0.2) is 0 Å². The van der Waals surface area contributed by atoms with Crippen LogP contribution >= 0.6 is 12.4 Å². The number of likely N-dealkylation sites (tertiary alicyclic amines) is 1. The van der Waals surface area contributed by atoms with Gasteiger partial charge in [0.05, 0.1) is 12.6 Å². The molecule has 2 fully saturated rings. The van der Waals surface area contributed by atoms with E-state index in [2.05, 4.69) is 0 Å². The Morgan fingerprint density at radius 2 is 1.90 bits per heavy atom. The minimum atomic E-state index is -0.595. The quantitative estimate of drug-likeness (QED) is 0.783. The van der Waals surface area contributed by atoms with E-state index in [1.165, 1.54) is 4.90 Å². The van der Waals surface area contributed by atoms with Crippen molar-refractivity contribution in [2.24, 2.45) is 11.7 Å². The smallest absolute Gasteiger partial charge is 0.411 e. The fourth-order valence-corrected chi connectivity index (χ4v) is 3.20. The van der Waals surface area contributed by atoms with E-state index in [-0.39, 0.29) is 36.4 Å². The average Bonchev–Trinajstić information content (AvgIpc) is 2.82. The molecule has 2 bridgehead atoms. The molecule has 0 aromatic carbocycles. The SMILES string of the molecule is CCOC(=O)C1C2CC(N)C(C2)N1C(=O)OC(C)(C)C.Cl. The molecule has 7 heteroatoms. The number of nitrogens with two attached hydrogens (primary N) is 1. The summed E-state index contributed by atoms with van der Waals surface area (Å²) < 4.78 is 10.5. The Morgan fingerprint density at radius 3 is 2.43 bits per heavy atom. The highest BCUT2D eigenvalue weighted by Gasteiger charge is 2.56. The van der Waals surface area contributed by atoms with Gasteiger partial charge in [0.15, 0.2) is 0 Å². The van der Waals surface area contributed by atoms with E-state index in [4.69, 9.17) is 15.2 Å². The Labute approximate surface area is 131 Å². The molecule has 1 saturated heterocycles. The third-order valence-electron chi connectivity index (χ3n) is 3.85. The van der Waals surface area contributed by atoms with Crippen molar-refractivity contribution in [2.45, 2.75) is 64.3 Å². The number of carbonyl (C=O) groups is 2.